The molecule has 0 fully saturated rings. The van der Waals surface area contributed by atoms with Crippen LogP contribution in [-0.4, -0.2) is 24.0 Å². The lowest BCUT2D eigenvalue weighted by Gasteiger charge is -2.22. The second kappa shape index (κ2) is 6.26. The molecular weight excluding hydrogens is 210 g/mol. The monoisotopic (exact) mass is 233 g/mol. The highest BCUT2D eigenvalue weighted by Gasteiger charge is 2.18. The van der Waals surface area contributed by atoms with Crippen LogP contribution < -0.4 is 5.32 Å². The molecule has 4 heteroatoms. The van der Waals surface area contributed by atoms with E-state index in [0.717, 1.165) is 5.75 Å². The molecule has 0 spiro atoms. The zero-order valence-electron chi connectivity index (χ0n) is 10.3. The fourth-order valence-corrected chi connectivity index (χ4v) is 1.59. The second-order valence-corrected chi connectivity index (χ2v) is 5.43. The predicted octanol–water partition coefficient (Wildman–Crippen LogP) is 2.71. The molecule has 1 amide bonds. The van der Waals surface area contributed by atoms with E-state index in [1.54, 1.807) is 0 Å². The van der Waals surface area contributed by atoms with E-state index in [9.17, 15) is 4.79 Å². The quantitative estimate of drug-likeness (QED) is 0.733. The van der Waals surface area contributed by atoms with Crippen molar-refractivity contribution in [2.75, 3.05) is 12.3 Å². The molecule has 0 aromatic carbocycles. The Balaban J connectivity index is 3.89. The third-order valence-corrected chi connectivity index (χ3v) is 2.55. The molecule has 0 aliphatic rings. The van der Waals surface area contributed by atoms with Gasteiger partial charge in [-0.3, -0.25) is 0 Å². The van der Waals surface area contributed by atoms with Crippen LogP contribution in [0.4, 0.5) is 4.79 Å². The van der Waals surface area contributed by atoms with Gasteiger partial charge in [-0.05, 0) is 38.4 Å². The standard InChI is InChI=1S/C11H23NO2S/c1-8(2)9(7-15)6-12-10(13)14-11(3,4)5/h8-9,15H,6-7H2,1-5H3,(H,12,13). The Hall–Kier alpha value is -0.380. The highest BCUT2D eigenvalue weighted by atomic mass is 32.1. The van der Waals surface area contributed by atoms with Crippen molar-refractivity contribution in [3.05, 3.63) is 0 Å². The summed E-state index contributed by atoms with van der Waals surface area (Å²) in [5, 5.41) is 2.76. The van der Waals surface area contributed by atoms with E-state index in [-0.39, 0.29) is 6.09 Å². The number of nitrogens with one attached hydrogen (secondary N) is 1. The molecule has 0 radical (unpaired) electrons. The zero-order valence-corrected chi connectivity index (χ0v) is 11.2. The number of ether oxygens (including phenoxy) is 1. The Morgan fingerprint density at radius 3 is 2.27 bits per heavy atom. The summed E-state index contributed by atoms with van der Waals surface area (Å²) in [7, 11) is 0. The number of carbonyl (C=O) groups is 1. The van der Waals surface area contributed by atoms with Crippen LogP contribution in [0.1, 0.15) is 34.6 Å². The van der Waals surface area contributed by atoms with Crippen LogP contribution in [0.3, 0.4) is 0 Å². The summed E-state index contributed by atoms with van der Waals surface area (Å²) in [5.41, 5.74) is -0.432. The number of alkyl carbamates (subject to hydrolysis) is 1. The van der Waals surface area contributed by atoms with Crippen LogP contribution in [0.5, 0.6) is 0 Å². The van der Waals surface area contributed by atoms with Crippen LogP contribution in [0.15, 0.2) is 0 Å². The number of thiol groups is 1. The Morgan fingerprint density at radius 1 is 1.40 bits per heavy atom. The molecule has 0 aliphatic heterocycles. The molecule has 0 aromatic rings. The third kappa shape index (κ3) is 7.54. The van der Waals surface area contributed by atoms with Gasteiger partial charge in [0.2, 0.25) is 0 Å². The second-order valence-electron chi connectivity index (χ2n) is 5.07. The van der Waals surface area contributed by atoms with Crippen molar-refractivity contribution in [1.29, 1.82) is 0 Å². The molecule has 0 saturated carbocycles. The molecule has 15 heavy (non-hydrogen) atoms. The normalized spacial score (nSPS) is 13.8. The smallest absolute Gasteiger partial charge is 0.407 e. The van der Waals surface area contributed by atoms with E-state index in [1.165, 1.54) is 0 Å². The van der Waals surface area contributed by atoms with E-state index in [1.807, 2.05) is 20.8 Å². The molecule has 1 N–H and O–H groups in total. The van der Waals surface area contributed by atoms with E-state index in [2.05, 4.69) is 31.8 Å². The van der Waals surface area contributed by atoms with Crippen LogP contribution in [0.2, 0.25) is 0 Å². The van der Waals surface area contributed by atoms with Crippen molar-refractivity contribution >= 4 is 18.7 Å². The lowest BCUT2D eigenvalue weighted by atomic mass is 9.98. The summed E-state index contributed by atoms with van der Waals surface area (Å²) in [6.07, 6.45) is -0.352. The van der Waals surface area contributed by atoms with Gasteiger partial charge < -0.3 is 10.1 Å². The molecule has 1 unspecified atom stereocenters. The predicted molar refractivity (Wildman–Crippen MR) is 66.4 cm³/mol. The Morgan fingerprint density at radius 2 is 1.93 bits per heavy atom. The Bertz CT molecular complexity index is 199. The van der Waals surface area contributed by atoms with Crippen molar-refractivity contribution in [3.8, 4) is 0 Å². The minimum Gasteiger partial charge on any atom is -0.444 e. The lowest BCUT2D eigenvalue weighted by molar-refractivity contribution is 0.0517. The van der Waals surface area contributed by atoms with Crippen LogP contribution in [0.25, 0.3) is 0 Å². The van der Waals surface area contributed by atoms with E-state index >= 15 is 0 Å². The summed E-state index contributed by atoms with van der Waals surface area (Å²) in [5.74, 6) is 1.67. The number of carbonyl (C=O) groups excluding carboxylic acids is 1. The topological polar surface area (TPSA) is 38.3 Å². The van der Waals surface area contributed by atoms with Gasteiger partial charge in [-0.15, -0.1) is 0 Å². The minimum absolute atomic E-state index is 0.352. The average Bonchev–Trinajstić information content (AvgIpc) is 2.01. The van der Waals surface area contributed by atoms with Crippen LogP contribution in [0, 0.1) is 11.8 Å². The van der Waals surface area contributed by atoms with Gasteiger partial charge in [0, 0.05) is 6.54 Å². The minimum atomic E-state index is -0.432. The Kier molecular flexibility index (Phi) is 6.10. The summed E-state index contributed by atoms with van der Waals surface area (Å²) < 4.78 is 5.14. The molecule has 3 nitrogen and oxygen atoms in total. The van der Waals surface area contributed by atoms with Crippen molar-refractivity contribution in [2.24, 2.45) is 11.8 Å². The first-order valence-electron chi connectivity index (χ1n) is 5.34. The van der Waals surface area contributed by atoms with E-state index in [0.29, 0.717) is 18.4 Å². The van der Waals surface area contributed by atoms with Crippen molar-refractivity contribution in [3.63, 3.8) is 0 Å². The van der Waals surface area contributed by atoms with Gasteiger partial charge in [0.1, 0.15) is 5.60 Å². The van der Waals surface area contributed by atoms with Crippen molar-refractivity contribution in [1.82, 2.24) is 5.32 Å². The Labute approximate surface area is 98.4 Å². The highest BCUT2D eigenvalue weighted by molar-refractivity contribution is 7.80. The number of amides is 1. The zero-order chi connectivity index (χ0) is 12.1. The summed E-state index contributed by atoms with van der Waals surface area (Å²) in [6.45, 7) is 10.4. The first-order valence-corrected chi connectivity index (χ1v) is 5.97. The third-order valence-electron chi connectivity index (χ3n) is 2.08. The summed E-state index contributed by atoms with van der Waals surface area (Å²) in [4.78, 5) is 11.3. The van der Waals surface area contributed by atoms with Crippen molar-refractivity contribution < 1.29 is 9.53 Å². The van der Waals surface area contributed by atoms with Gasteiger partial charge in [-0.25, -0.2) is 4.79 Å². The lowest BCUT2D eigenvalue weighted by Crippen LogP contribution is -2.36. The molecule has 1 atom stereocenters. The van der Waals surface area contributed by atoms with Gasteiger partial charge in [0.15, 0.2) is 0 Å². The fourth-order valence-electron chi connectivity index (χ4n) is 1.04. The van der Waals surface area contributed by atoms with E-state index in [4.69, 9.17) is 4.74 Å². The molecule has 90 valence electrons. The summed E-state index contributed by atoms with van der Waals surface area (Å²) in [6, 6.07) is 0. The van der Waals surface area contributed by atoms with Gasteiger partial charge in [-0.2, -0.15) is 12.6 Å². The molecule has 0 saturated heterocycles. The van der Waals surface area contributed by atoms with Crippen molar-refractivity contribution in [2.45, 2.75) is 40.2 Å². The average molecular weight is 233 g/mol. The number of hydrogen-bond acceptors (Lipinski definition) is 3. The maximum absolute atomic E-state index is 11.3. The first-order chi connectivity index (χ1) is 6.76. The molecule has 0 heterocycles. The highest BCUT2D eigenvalue weighted by Crippen LogP contribution is 2.12. The van der Waals surface area contributed by atoms with Gasteiger partial charge in [-0.1, -0.05) is 13.8 Å². The summed E-state index contributed by atoms with van der Waals surface area (Å²) >= 11 is 4.25. The largest absolute Gasteiger partial charge is 0.444 e. The number of hydrogen-bond donors (Lipinski definition) is 2. The maximum Gasteiger partial charge on any atom is 0.407 e. The SMILES string of the molecule is CC(C)C(CS)CNC(=O)OC(C)(C)C. The first kappa shape index (κ1) is 14.6. The van der Waals surface area contributed by atoms with Crippen LogP contribution >= 0.6 is 12.6 Å². The molecule has 0 bridgehead atoms. The molecule has 0 aliphatic carbocycles. The van der Waals surface area contributed by atoms with E-state index < -0.39 is 5.60 Å². The molecule has 0 rings (SSSR count). The van der Waals surface area contributed by atoms with Gasteiger partial charge in [0.05, 0.1) is 0 Å². The van der Waals surface area contributed by atoms with Gasteiger partial charge in [0.25, 0.3) is 0 Å². The number of rotatable bonds is 4. The fraction of sp³-hybridized carbons (Fsp3) is 0.909. The molecular formula is C11H23NO2S. The van der Waals surface area contributed by atoms with Gasteiger partial charge >= 0.3 is 6.09 Å². The molecule has 0 aromatic heterocycles. The van der Waals surface area contributed by atoms with Crippen LogP contribution in [-0.2, 0) is 4.74 Å². The maximum atomic E-state index is 11.3.